The average Bonchev–Trinajstić information content (AvgIpc) is 3.09. The van der Waals surface area contributed by atoms with Crippen molar-refractivity contribution >= 4 is 33.1 Å². The molecule has 26 heavy (non-hydrogen) atoms. The molecule has 2 N–H and O–H groups in total. The Morgan fingerprint density at radius 2 is 1.92 bits per heavy atom. The van der Waals surface area contributed by atoms with Crippen LogP contribution in [0.2, 0.25) is 0 Å². The number of carboxylic acid groups (broad SMARTS) is 1. The number of aliphatic carboxylic acids is 1. The molecular weight excluding hydrogens is 378 g/mol. The summed E-state index contributed by atoms with van der Waals surface area (Å²) in [6, 6.07) is 9.86. The fraction of sp³-hybridized carbons (Fsp3) is 0.294. The number of hydrogen-bond acceptors (Lipinski definition) is 6. The lowest BCUT2D eigenvalue weighted by atomic mass is 9.98. The first kappa shape index (κ1) is 19.9. The molecular formula is C17H19NO6S2. The Balaban J connectivity index is 2.05. The zero-order valence-corrected chi connectivity index (χ0v) is 15.9. The number of hydrogen-bond donors (Lipinski definition) is 2. The minimum absolute atomic E-state index is 0.0850. The van der Waals surface area contributed by atoms with E-state index < -0.39 is 27.6 Å². The van der Waals surface area contributed by atoms with E-state index in [2.05, 4.69) is 5.32 Å². The van der Waals surface area contributed by atoms with Crippen molar-refractivity contribution in [3.8, 4) is 5.75 Å². The number of rotatable bonds is 8. The van der Waals surface area contributed by atoms with Crippen LogP contribution in [0.5, 0.6) is 5.75 Å². The molecule has 1 aromatic carbocycles. The number of para-hydroxylation sites is 1. The molecule has 1 unspecified atom stereocenters. The summed E-state index contributed by atoms with van der Waals surface area (Å²) < 4.78 is 28.3. The normalized spacial score (nSPS) is 12.4. The molecule has 7 nitrogen and oxygen atoms in total. The van der Waals surface area contributed by atoms with E-state index in [0.29, 0.717) is 5.75 Å². The smallest absolute Gasteiger partial charge is 0.308 e. The summed E-state index contributed by atoms with van der Waals surface area (Å²) in [6.45, 7) is -0.0850. The Bertz CT molecular complexity index is 903. The fourth-order valence-corrected chi connectivity index (χ4v) is 4.17. The summed E-state index contributed by atoms with van der Waals surface area (Å²) in [6.07, 6.45) is 1.26. The number of carboxylic acids is 1. The monoisotopic (exact) mass is 397 g/mol. The van der Waals surface area contributed by atoms with Crippen LogP contribution in [-0.4, -0.2) is 45.3 Å². The van der Waals surface area contributed by atoms with Gasteiger partial charge in [-0.3, -0.25) is 9.59 Å². The van der Waals surface area contributed by atoms with Crippen molar-refractivity contribution in [2.24, 2.45) is 5.92 Å². The van der Waals surface area contributed by atoms with E-state index in [9.17, 15) is 23.1 Å². The number of carbonyl (C=O) groups excluding carboxylic acids is 1. The van der Waals surface area contributed by atoms with Gasteiger partial charge in [0.1, 0.15) is 9.96 Å². The Hall–Kier alpha value is -2.39. The molecule has 2 aromatic rings. The van der Waals surface area contributed by atoms with Crippen molar-refractivity contribution in [3.05, 3.63) is 46.8 Å². The highest BCUT2D eigenvalue weighted by Gasteiger charge is 2.22. The molecule has 0 radical (unpaired) electrons. The van der Waals surface area contributed by atoms with Crippen LogP contribution in [0.3, 0.4) is 0 Å². The van der Waals surface area contributed by atoms with Crippen molar-refractivity contribution in [1.82, 2.24) is 5.32 Å². The minimum atomic E-state index is -3.38. The Kier molecular flexibility index (Phi) is 6.38. The molecule has 140 valence electrons. The van der Waals surface area contributed by atoms with Gasteiger partial charge in [0, 0.05) is 12.8 Å². The van der Waals surface area contributed by atoms with E-state index in [-0.39, 0.29) is 22.1 Å². The van der Waals surface area contributed by atoms with E-state index >= 15 is 0 Å². The molecule has 0 spiro atoms. The summed E-state index contributed by atoms with van der Waals surface area (Å²) in [4.78, 5) is 23.9. The van der Waals surface area contributed by atoms with Gasteiger partial charge in [0.05, 0.1) is 17.9 Å². The van der Waals surface area contributed by atoms with Crippen LogP contribution in [0, 0.1) is 5.92 Å². The number of ether oxygens (including phenoxy) is 1. The summed E-state index contributed by atoms with van der Waals surface area (Å²) in [5.74, 6) is -1.80. The lowest BCUT2D eigenvalue weighted by molar-refractivity contribution is -0.141. The first-order chi connectivity index (χ1) is 12.2. The van der Waals surface area contributed by atoms with Gasteiger partial charge in [-0.15, -0.1) is 11.3 Å². The zero-order valence-electron chi connectivity index (χ0n) is 14.3. The van der Waals surface area contributed by atoms with Crippen LogP contribution in [0.1, 0.15) is 15.2 Å². The Morgan fingerprint density at radius 1 is 1.23 bits per heavy atom. The molecule has 0 bridgehead atoms. The maximum absolute atomic E-state index is 12.2. The number of amides is 1. The molecule has 1 heterocycles. The molecule has 0 aliphatic carbocycles. The van der Waals surface area contributed by atoms with Crippen LogP contribution >= 0.6 is 11.3 Å². The van der Waals surface area contributed by atoms with Crippen molar-refractivity contribution in [2.45, 2.75) is 10.6 Å². The third-order valence-corrected chi connectivity index (χ3v) is 6.59. The van der Waals surface area contributed by atoms with E-state index in [4.69, 9.17) is 4.74 Å². The first-order valence-electron chi connectivity index (χ1n) is 7.65. The van der Waals surface area contributed by atoms with E-state index in [0.717, 1.165) is 23.2 Å². The van der Waals surface area contributed by atoms with Gasteiger partial charge < -0.3 is 15.2 Å². The highest BCUT2D eigenvalue weighted by molar-refractivity contribution is 7.92. The van der Waals surface area contributed by atoms with Crippen molar-refractivity contribution in [1.29, 1.82) is 0 Å². The second-order valence-corrected chi connectivity index (χ2v) is 8.98. The minimum Gasteiger partial charge on any atom is -0.496 e. The van der Waals surface area contributed by atoms with Crippen LogP contribution in [0.4, 0.5) is 0 Å². The quantitative estimate of drug-likeness (QED) is 0.703. The maximum Gasteiger partial charge on any atom is 0.308 e. The number of methoxy groups -OCH3 is 1. The predicted octanol–water partition coefficient (Wildman–Crippen LogP) is 1.83. The van der Waals surface area contributed by atoms with Crippen LogP contribution < -0.4 is 10.1 Å². The molecule has 0 saturated heterocycles. The predicted molar refractivity (Wildman–Crippen MR) is 97.6 cm³/mol. The SMILES string of the molecule is COc1ccccc1CC(CNC(=O)c1ccc(S(C)(=O)=O)s1)C(=O)O. The number of sulfone groups is 1. The fourth-order valence-electron chi connectivity index (χ4n) is 2.33. The number of carbonyl (C=O) groups is 2. The number of benzene rings is 1. The van der Waals surface area contributed by atoms with Crippen molar-refractivity contribution in [3.63, 3.8) is 0 Å². The van der Waals surface area contributed by atoms with Crippen molar-refractivity contribution in [2.75, 3.05) is 19.9 Å². The second-order valence-electron chi connectivity index (χ2n) is 5.65. The molecule has 0 aliphatic rings. The first-order valence-corrected chi connectivity index (χ1v) is 10.4. The van der Waals surface area contributed by atoms with Gasteiger partial charge in [-0.1, -0.05) is 18.2 Å². The second kappa shape index (κ2) is 8.33. The van der Waals surface area contributed by atoms with Gasteiger partial charge in [-0.2, -0.15) is 0 Å². The topological polar surface area (TPSA) is 110 Å². The molecule has 0 fully saturated rings. The van der Waals surface area contributed by atoms with Gasteiger partial charge in [0.25, 0.3) is 5.91 Å². The third kappa shape index (κ3) is 5.06. The van der Waals surface area contributed by atoms with E-state index in [1.807, 2.05) is 0 Å². The number of thiophene rings is 1. The highest BCUT2D eigenvalue weighted by atomic mass is 32.2. The summed E-state index contributed by atoms with van der Waals surface area (Å²) >= 11 is 0.851. The summed E-state index contributed by atoms with van der Waals surface area (Å²) in [5, 5.41) is 12.0. The summed E-state index contributed by atoms with van der Waals surface area (Å²) in [7, 11) is -1.87. The maximum atomic E-state index is 12.2. The highest BCUT2D eigenvalue weighted by Crippen LogP contribution is 2.22. The Morgan fingerprint density at radius 3 is 2.50 bits per heavy atom. The van der Waals surface area contributed by atoms with Crippen molar-refractivity contribution < 1.29 is 27.9 Å². The van der Waals surface area contributed by atoms with Gasteiger partial charge >= 0.3 is 5.97 Å². The van der Waals surface area contributed by atoms with Crippen LogP contribution in [0.15, 0.2) is 40.6 Å². The lowest BCUT2D eigenvalue weighted by Gasteiger charge is -2.15. The molecule has 0 aliphatic heterocycles. The molecule has 0 saturated carbocycles. The molecule has 1 amide bonds. The molecule has 1 atom stereocenters. The summed E-state index contributed by atoms with van der Waals surface area (Å²) in [5.41, 5.74) is 0.729. The number of nitrogens with one attached hydrogen (secondary N) is 1. The molecule has 1 aromatic heterocycles. The third-order valence-electron chi connectivity index (χ3n) is 3.69. The van der Waals surface area contributed by atoms with Gasteiger partial charge in [-0.05, 0) is 30.2 Å². The lowest BCUT2D eigenvalue weighted by Crippen LogP contribution is -2.33. The van der Waals surface area contributed by atoms with Crippen LogP contribution in [-0.2, 0) is 21.1 Å². The Labute approximate surface area is 155 Å². The van der Waals surface area contributed by atoms with Gasteiger partial charge in [0.15, 0.2) is 9.84 Å². The van der Waals surface area contributed by atoms with Gasteiger partial charge in [0.2, 0.25) is 0 Å². The van der Waals surface area contributed by atoms with Gasteiger partial charge in [-0.25, -0.2) is 8.42 Å². The van der Waals surface area contributed by atoms with Crippen LogP contribution in [0.25, 0.3) is 0 Å². The van der Waals surface area contributed by atoms with E-state index in [1.54, 1.807) is 24.3 Å². The molecule has 9 heteroatoms. The largest absolute Gasteiger partial charge is 0.496 e. The zero-order chi connectivity index (χ0) is 19.3. The van der Waals surface area contributed by atoms with E-state index in [1.165, 1.54) is 19.2 Å². The molecule has 2 rings (SSSR count). The standard InChI is InChI=1S/C17H19NO6S2/c1-24-13-6-4-3-5-11(13)9-12(17(20)21)10-18-16(19)14-7-8-15(25-14)26(2,22)23/h3-8,12H,9-10H2,1-2H3,(H,18,19)(H,20,21). The average molecular weight is 397 g/mol.